The minimum absolute atomic E-state index is 0.140. The van der Waals surface area contributed by atoms with Crippen LogP contribution in [-0.2, 0) is 6.42 Å². The summed E-state index contributed by atoms with van der Waals surface area (Å²) in [7, 11) is 1.64. The SMILES string of the molecule is COc1cc(C)ccc1Oc1ccc(CC(C)N)cc1Br. The summed E-state index contributed by atoms with van der Waals surface area (Å²) in [6.45, 7) is 4.01. The minimum Gasteiger partial charge on any atom is -0.493 e. The molecule has 2 N–H and O–H groups in total. The summed E-state index contributed by atoms with van der Waals surface area (Å²) in [6, 6.07) is 12.0. The van der Waals surface area contributed by atoms with Gasteiger partial charge in [-0.1, -0.05) is 12.1 Å². The summed E-state index contributed by atoms with van der Waals surface area (Å²) < 4.78 is 12.2. The lowest BCUT2D eigenvalue weighted by Gasteiger charge is -2.13. The molecule has 2 aromatic carbocycles. The van der Waals surface area contributed by atoms with E-state index in [0.29, 0.717) is 5.75 Å². The molecule has 0 radical (unpaired) electrons. The topological polar surface area (TPSA) is 44.5 Å². The maximum atomic E-state index is 5.94. The van der Waals surface area contributed by atoms with E-state index in [0.717, 1.165) is 28.0 Å². The first-order valence-corrected chi connectivity index (χ1v) is 7.65. The molecule has 0 saturated heterocycles. The van der Waals surface area contributed by atoms with Gasteiger partial charge in [0.05, 0.1) is 11.6 Å². The van der Waals surface area contributed by atoms with Crippen LogP contribution in [0.25, 0.3) is 0 Å². The number of ether oxygens (including phenoxy) is 2. The molecule has 0 fully saturated rings. The first kappa shape index (κ1) is 15.9. The van der Waals surface area contributed by atoms with Gasteiger partial charge in [0.1, 0.15) is 5.75 Å². The maximum absolute atomic E-state index is 5.94. The molecule has 0 aliphatic rings. The van der Waals surface area contributed by atoms with E-state index < -0.39 is 0 Å². The monoisotopic (exact) mass is 349 g/mol. The number of hydrogen-bond donors (Lipinski definition) is 1. The molecule has 21 heavy (non-hydrogen) atoms. The predicted molar refractivity (Wildman–Crippen MR) is 89.3 cm³/mol. The summed E-state index contributed by atoms with van der Waals surface area (Å²) in [5.74, 6) is 2.18. The highest BCUT2D eigenvalue weighted by atomic mass is 79.9. The second-order valence-corrected chi connectivity index (χ2v) is 6.06. The first-order chi connectivity index (χ1) is 9.99. The van der Waals surface area contributed by atoms with Crippen LogP contribution in [0, 0.1) is 6.92 Å². The molecular formula is C17H20BrNO2. The molecule has 1 unspecified atom stereocenters. The van der Waals surface area contributed by atoms with Gasteiger partial charge in [0.25, 0.3) is 0 Å². The molecule has 0 heterocycles. The number of nitrogens with two attached hydrogens (primary N) is 1. The quantitative estimate of drug-likeness (QED) is 0.867. The van der Waals surface area contributed by atoms with Crippen LogP contribution >= 0.6 is 15.9 Å². The molecule has 0 amide bonds. The molecule has 0 aromatic heterocycles. The Labute approximate surface area is 134 Å². The lowest BCUT2D eigenvalue weighted by molar-refractivity contribution is 0.378. The first-order valence-electron chi connectivity index (χ1n) is 6.86. The standard InChI is InChI=1S/C17H20BrNO2/c1-11-4-6-16(17(8-11)20-3)21-15-7-5-13(9-12(2)19)10-14(15)18/h4-8,10,12H,9,19H2,1-3H3. The Balaban J connectivity index is 2.24. The van der Waals surface area contributed by atoms with Crippen molar-refractivity contribution >= 4 is 15.9 Å². The van der Waals surface area contributed by atoms with Gasteiger partial charge in [-0.3, -0.25) is 0 Å². The average Bonchev–Trinajstić information content (AvgIpc) is 2.42. The van der Waals surface area contributed by atoms with Crippen molar-refractivity contribution in [2.24, 2.45) is 5.73 Å². The van der Waals surface area contributed by atoms with Crippen LogP contribution in [0.2, 0.25) is 0 Å². The molecule has 2 rings (SSSR count). The van der Waals surface area contributed by atoms with E-state index in [1.807, 2.05) is 50.2 Å². The van der Waals surface area contributed by atoms with Crippen molar-refractivity contribution in [3.05, 3.63) is 52.0 Å². The molecule has 0 aliphatic carbocycles. The lowest BCUT2D eigenvalue weighted by atomic mass is 10.1. The van der Waals surface area contributed by atoms with Crippen LogP contribution in [0.3, 0.4) is 0 Å². The lowest BCUT2D eigenvalue weighted by Crippen LogP contribution is -2.17. The summed E-state index contributed by atoms with van der Waals surface area (Å²) >= 11 is 3.55. The highest BCUT2D eigenvalue weighted by Gasteiger charge is 2.09. The van der Waals surface area contributed by atoms with Gasteiger partial charge in [0.15, 0.2) is 11.5 Å². The van der Waals surface area contributed by atoms with Crippen molar-refractivity contribution in [2.45, 2.75) is 26.3 Å². The number of aryl methyl sites for hydroxylation is 1. The molecule has 1 atom stereocenters. The zero-order valence-corrected chi connectivity index (χ0v) is 14.1. The van der Waals surface area contributed by atoms with Crippen LogP contribution in [0.1, 0.15) is 18.1 Å². The van der Waals surface area contributed by atoms with Gasteiger partial charge >= 0.3 is 0 Å². The van der Waals surface area contributed by atoms with Gasteiger partial charge in [-0.05, 0) is 71.6 Å². The number of hydrogen-bond acceptors (Lipinski definition) is 3. The molecule has 4 heteroatoms. The predicted octanol–water partition coefficient (Wildman–Crippen LogP) is 4.45. The zero-order chi connectivity index (χ0) is 15.4. The van der Waals surface area contributed by atoms with E-state index in [9.17, 15) is 0 Å². The van der Waals surface area contributed by atoms with E-state index in [-0.39, 0.29) is 6.04 Å². The number of rotatable bonds is 5. The van der Waals surface area contributed by atoms with E-state index in [2.05, 4.69) is 15.9 Å². The van der Waals surface area contributed by atoms with Crippen LogP contribution in [0.15, 0.2) is 40.9 Å². The van der Waals surface area contributed by atoms with Crippen LogP contribution < -0.4 is 15.2 Å². The molecule has 0 bridgehead atoms. The second kappa shape index (κ2) is 6.96. The van der Waals surface area contributed by atoms with Crippen molar-refractivity contribution in [1.82, 2.24) is 0 Å². The third-order valence-corrected chi connectivity index (χ3v) is 3.71. The van der Waals surface area contributed by atoms with E-state index >= 15 is 0 Å². The van der Waals surface area contributed by atoms with Gasteiger partial charge < -0.3 is 15.2 Å². The smallest absolute Gasteiger partial charge is 0.169 e. The van der Waals surface area contributed by atoms with E-state index in [1.54, 1.807) is 7.11 Å². The van der Waals surface area contributed by atoms with Crippen molar-refractivity contribution in [1.29, 1.82) is 0 Å². The van der Waals surface area contributed by atoms with Crippen molar-refractivity contribution in [3.8, 4) is 17.2 Å². The van der Waals surface area contributed by atoms with Gasteiger partial charge in [-0.15, -0.1) is 0 Å². The Kier molecular flexibility index (Phi) is 5.26. The largest absolute Gasteiger partial charge is 0.493 e. The Morgan fingerprint density at radius 2 is 1.81 bits per heavy atom. The fraction of sp³-hybridized carbons (Fsp3) is 0.294. The van der Waals surface area contributed by atoms with Crippen LogP contribution in [0.5, 0.6) is 17.2 Å². The Bertz CT molecular complexity index is 626. The summed E-state index contributed by atoms with van der Waals surface area (Å²) in [5.41, 5.74) is 8.14. The summed E-state index contributed by atoms with van der Waals surface area (Å²) in [6.07, 6.45) is 0.840. The highest BCUT2D eigenvalue weighted by Crippen LogP contribution is 2.36. The molecule has 112 valence electrons. The van der Waals surface area contributed by atoms with Crippen molar-refractivity contribution in [3.63, 3.8) is 0 Å². The second-order valence-electron chi connectivity index (χ2n) is 5.20. The summed E-state index contributed by atoms with van der Waals surface area (Å²) in [5, 5.41) is 0. The van der Waals surface area contributed by atoms with Gasteiger partial charge in [-0.2, -0.15) is 0 Å². The van der Waals surface area contributed by atoms with E-state index in [4.69, 9.17) is 15.2 Å². The van der Waals surface area contributed by atoms with Gasteiger partial charge in [0, 0.05) is 6.04 Å². The molecule has 0 spiro atoms. The molecule has 3 nitrogen and oxygen atoms in total. The third kappa shape index (κ3) is 4.22. The number of benzene rings is 2. The van der Waals surface area contributed by atoms with Crippen LogP contribution in [0.4, 0.5) is 0 Å². The Morgan fingerprint density at radius 3 is 2.43 bits per heavy atom. The summed E-state index contributed by atoms with van der Waals surface area (Å²) in [4.78, 5) is 0. The van der Waals surface area contributed by atoms with Crippen molar-refractivity contribution in [2.75, 3.05) is 7.11 Å². The van der Waals surface area contributed by atoms with Gasteiger partial charge in [0.2, 0.25) is 0 Å². The van der Waals surface area contributed by atoms with Crippen molar-refractivity contribution < 1.29 is 9.47 Å². The molecule has 0 aliphatic heterocycles. The third-order valence-electron chi connectivity index (χ3n) is 3.09. The van der Waals surface area contributed by atoms with Crippen LogP contribution in [-0.4, -0.2) is 13.2 Å². The van der Waals surface area contributed by atoms with Gasteiger partial charge in [-0.25, -0.2) is 0 Å². The normalized spacial score (nSPS) is 12.0. The number of methoxy groups -OCH3 is 1. The Hall–Kier alpha value is -1.52. The Morgan fingerprint density at radius 1 is 1.10 bits per heavy atom. The highest BCUT2D eigenvalue weighted by molar-refractivity contribution is 9.10. The molecule has 2 aromatic rings. The molecule has 0 saturated carbocycles. The fourth-order valence-corrected chi connectivity index (χ4v) is 2.61. The number of halogens is 1. The molecular weight excluding hydrogens is 330 g/mol. The maximum Gasteiger partial charge on any atom is 0.169 e. The average molecular weight is 350 g/mol. The fourth-order valence-electron chi connectivity index (χ4n) is 2.10. The van der Waals surface area contributed by atoms with E-state index in [1.165, 1.54) is 5.56 Å². The minimum atomic E-state index is 0.140. The zero-order valence-electron chi connectivity index (χ0n) is 12.5.